The second kappa shape index (κ2) is 9.53. The molecule has 0 amide bonds. The van der Waals surface area contributed by atoms with Crippen LogP contribution < -0.4 is 15.5 Å². The molecule has 200 valence electrons. The zero-order valence-corrected chi connectivity index (χ0v) is 20.5. The summed E-state index contributed by atoms with van der Waals surface area (Å²) in [5.74, 6) is -6.29. The van der Waals surface area contributed by atoms with Gasteiger partial charge in [0, 0.05) is 88.2 Å². The summed E-state index contributed by atoms with van der Waals surface area (Å²) in [5, 5.41) is 4.20. The van der Waals surface area contributed by atoms with E-state index in [1.165, 1.54) is 27.5 Å². The van der Waals surface area contributed by atoms with E-state index in [2.05, 4.69) is 5.10 Å². The summed E-state index contributed by atoms with van der Waals surface area (Å²) in [4.78, 5) is 16.5. The Kier molecular flexibility index (Phi) is 6.53. The first-order chi connectivity index (χ1) is 17.5. The van der Waals surface area contributed by atoms with Gasteiger partial charge in [0.2, 0.25) is 0 Å². The summed E-state index contributed by atoms with van der Waals surface area (Å²) in [5.41, 5.74) is 0.837. The normalized spacial score (nSPS) is 19.4. The highest BCUT2D eigenvalue weighted by Crippen LogP contribution is 2.37. The molecule has 0 spiro atoms. The third-order valence-corrected chi connectivity index (χ3v) is 7.19. The Labute approximate surface area is 210 Å². The number of piperidine rings is 2. The van der Waals surface area contributed by atoms with Crippen LogP contribution in [0, 0.1) is 5.82 Å². The fourth-order valence-electron chi connectivity index (χ4n) is 4.91. The summed E-state index contributed by atoms with van der Waals surface area (Å²) >= 11 is 0. The van der Waals surface area contributed by atoms with Crippen LogP contribution in [0.5, 0.6) is 0 Å². The molecule has 0 unspecified atom stereocenters. The molecular formula is C25H29F5N6O. The second-order valence-electron chi connectivity index (χ2n) is 9.77. The zero-order chi connectivity index (χ0) is 26.4. The molecule has 1 aromatic carbocycles. The van der Waals surface area contributed by atoms with Crippen LogP contribution in [0.2, 0.25) is 0 Å². The predicted octanol–water partition coefficient (Wildman–Crippen LogP) is 4.51. The van der Waals surface area contributed by atoms with Crippen LogP contribution in [0.15, 0.2) is 41.7 Å². The van der Waals surface area contributed by atoms with Crippen molar-refractivity contribution >= 4 is 11.4 Å². The van der Waals surface area contributed by atoms with Gasteiger partial charge in [-0.15, -0.1) is 0 Å². The fourth-order valence-corrected chi connectivity index (χ4v) is 4.91. The Balaban J connectivity index is 1.52. The molecule has 0 N–H and O–H groups in total. The van der Waals surface area contributed by atoms with E-state index in [0.29, 0.717) is 12.2 Å². The summed E-state index contributed by atoms with van der Waals surface area (Å²) < 4.78 is 75.4. The van der Waals surface area contributed by atoms with Gasteiger partial charge in [0.05, 0.1) is 24.1 Å². The maximum atomic E-state index is 15.9. The summed E-state index contributed by atoms with van der Waals surface area (Å²) in [6.07, 6.45) is 4.96. The van der Waals surface area contributed by atoms with Crippen LogP contribution >= 0.6 is 0 Å². The quantitative estimate of drug-likeness (QED) is 0.446. The third kappa shape index (κ3) is 5.24. The Morgan fingerprint density at radius 1 is 0.892 bits per heavy atom. The number of aromatic nitrogens is 4. The van der Waals surface area contributed by atoms with Crippen LogP contribution in [0.1, 0.15) is 38.2 Å². The van der Waals surface area contributed by atoms with Crippen molar-refractivity contribution in [1.82, 2.24) is 18.9 Å². The van der Waals surface area contributed by atoms with Crippen molar-refractivity contribution in [1.29, 1.82) is 0 Å². The van der Waals surface area contributed by atoms with Crippen molar-refractivity contribution in [3.05, 3.63) is 58.8 Å². The van der Waals surface area contributed by atoms with Crippen LogP contribution in [0.3, 0.4) is 0 Å². The maximum Gasteiger partial charge on any atom is 0.333 e. The Hall–Kier alpha value is -3.31. The molecule has 2 aliphatic heterocycles. The van der Waals surface area contributed by atoms with E-state index in [-0.39, 0.29) is 56.9 Å². The molecule has 2 saturated heterocycles. The molecule has 37 heavy (non-hydrogen) atoms. The number of benzene rings is 1. The molecule has 12 heteroatoms. The highest BCUT2D eigenvalue weighted by molar-refractivity contribution is 5.67. The smallest absolute Gasteiger partial charge is 0.333 e. The topological polar surface area (TPSA) is 51.2 Å². The van der Waals surface area contributed by atoms with Crippen molar-refractivity contribution in [3.8, 4) is 5.69 Å². The number of nitrogens with zero attached hydrogens (tertiary/aromatic N) is 6. The summed E-state index contributed by atoms with van der Waals surface area (Å²) in [6, 6.07) is 2.99. The van der Waals surface area contributed by atoms with E-state index in [1.54, 1.807) is 26.9 Å². The lowest BCUT2D eigenvalue weighted by molar-refractivity contribution is -0.0225. The van der Waals surface area contributed by atoms with Gasteiger partial charge in [-0.2, -0.15) is 5.10 Å². The Morgan fingerprint density at radius 3 is 2.08 bits per heavy atom. The number of rotatable bonds is 6. The molecular weight excluding hydrogens is 495 g/mol. The number of anilines is 2. The summed E-state index contributed by atoms with van der Waals surface area (Å²) in [6.45, 7) is 2.88. The highest BCUT2D eigenvalue weighted by atomic mass is 19.3. The van der Waals surface area contributed by atoms with Gasteiger partial charge in [-0.25, -0.2) is 26.7 Å². The van der Waals surface area contributed by atoms with Crippen LogP contribution in [-0.4, -0.2) is 56.9 Å². The number of aryl methyl sites for hydroxylation is 1. The van der Waals surface area contributed by atoms with Gasteiger partial charge >= 0.3 is 5.69 Å². The molecule has 2 aliphatic rings. The van der Waals surface area contributed by atoms with Crippen molar-refractivity contribution in [2.75, 3.05) is 36.0 Å². The molecule has 7 nitrogen and oxygen atoms in total. The van der Waals surface area contributed by atoms with E-state index in [4.69, 9.17) is 0 Å². The van der Waals surface area contributed by atoms with Crippen molar-refractivity contribution in [3.63, 3.8) is 0 Å². The number of imidazole rings is 1. The first kappa shape index (κ1) is 25.3. The molecule has 0 radical (unpaired) electrons. The highest BCUT2D eigenvalue weighted by Gasteiger charge is 2.37. The molecule has 0 bridgehead atoms. The molecule has 0 saturated carbocycles. The van der Waals surface area contributed by atoms with E-state index >= 15 is 4.39 Å². The molecule has 2 aromatic heterocycles. The largest absolute Gasteiger partial charge is 0.371 e. The van der Waals surface area contributed by atoms with Crippen LogP contribution in [0.4, 0.5) is 33.3 Å². The molecule has 0 aliphatic carbocycles. The predicted molar refractivity (Wildman–Crippen MR) is 130 cm³/mol. The SMILES string of the molecule is CCn1cc(Cn2ccn(-c3cc(N4CCC(F)(F)CC4)cc(N4CCC(F)(F)CC4)c3F)c2=O)cn1. The molecule has 4 heterocycles. The fraction of sp³-hybridized carbons (Fsp3) is 0.520. The van der Waals surface area contributed by atoms with Gasteiger partial charge in [0.1, 0.15) is 0 Å². The third-order valence-electron chi connectivity index (χ3n) is 7.19. The minimum atomic E-state index is -2.81. The van der Waals surface area contributed by atoms with Gasteiger partial charge in [0.25, 0.3) is 11.8 Å². The molecule has 5 rings (SSSR count). The van der Waals surface area contributed by atoms with Crippen molar-refractivity contribution < 1.29 is 22.0 Å². The number of alkyl halides is 4. The van der Waals surface area contributed by atoms with Gasteiger partial charge in [-0.05, 0) is 19.1 Å². The average Bonchev–Trinajstić information content (AvgIpc) is 3.46. The monoisotopic (exact) mass is 524 g/mol. The summed E-state index contributed by atoms with van der Waals surface area (Å²) in [7, 11) is 0. The van der Waals surface area contributed by atoms with Crippen LogP contribution in [-0.2, 0) is 13.1 Å². The number of hydrogen-bond acceptors (Lipinski definition) is 4. The Bertz CT molecular complexity index is 1310. The van der Waals surface area contributed by atoms with Crippen molar-refractivity contribution in [2.45, 2.75) is 57.5 Å². The standard InChI is InChI=1S/C25H29F5N6O/c1-2-35-17-18(15-31-35)16-34-11-12-36(23(34)37)21-14-19(32-7-3-24(27,28)4-8-32)13-20(22(21)26)33-9-5-25(29,30)6-10-33/h11-15,17H,2-10,16H2,1H3. The van der Waals surface area contributed by atoms with Crippen LogP contribution in [0.25, 0.3) is 5.69 Å². The lowest BCUT2D eigenvalue weighted by Gasteiger charge is -2.36. The molecule has 3 aromatic rings. The van der Waals surface area contributed by atoms with Gasteiger partial charge < -0.3 is 9.80 Å². The van der Waals surface area contributed by atoms with Gasteiger partial charge in [-0.1, -0.05) is 0 Å². The lowest BCUT2D eigenvalue weighted by atomic mass is 10.0. The first-order valence-corrected chi connectivity index (χ1v) is 12.4. The Morgan fingerprint density at radius 2 is 1.49 bits per heavy atom. The average molecular weight is 525 g/mol. The van der Waals surface area contributed by atoms with E-state index in [9.17, 15) is 22.4 Å². The molecule has 2 fully saturated rings. The second-order valence-corrected chi connectivity index (χ2v) is 9.77. The molecule has 0 atom stereocenters. The van der Waals surface area contributed by atoms with E-state index < -0.39 is 36.2 Å². The minimum absolute atomic E-state index is 0.0461. The minimum Gasteiger partial charge on any atom is -0.371 e. The number of halogens is 5. The van der Waals surface area contributed by atoms with E-state index in [0.717, 1.165) is 5.56 Å². The van der Waals surface area contributed by atoms with Gasteiger partial charge in [0.15, 0.2) is 5.82 Å². The van der Waals surface area contributed by atoms with Gasteiger partial charge in [-0.3, -0.25) is 13.8 Å². The zero-order valence-electron chi connectivity index (χ0n) is 20.5. The van der Waals surface area contributed by atoms with Crippen molar-refractivity contribution in [2.24, 2.45) is 0 Å². The first-order valence-electron chi connectivity index (χ1n) is 12.4. The lowest BCUT2D eigenvalue weighted by Crippen LogP contribution is -2.41. The maximum absolute atomic E-state index is 15.9. The van der Waals surface area contributed by atoms with E-state index in [1.807, 2.05) is 13.1 Å². The number of hydrogen-bond donors (Lipinski definition) is 0.